The lowest BCUT2D eigenvalue weighted by Crippen LogP contribution is -1.74. The van der Waals surface area contributed by atoms with Crippen molar-refractivity contribution >= 4 is 17.4 Å². The van der Waals surface area contributed by atoms with E-state index in [1.54, 1.807) is 0 Å². The van der Waals surface area contributed by atoms with Crippen molar-refractivity contribution in [3.8, 4) is 0 Å². The molecule has 0 atom stereocenters. The number of hydrogen-bond acceptors (Lipinski definition) is 2. The van der Waals surface area contributed by atoms with E-state index in [-0.39, 0.29) is 0 Å². The molecule has 3 nitrogen and oxygen atoms in total. The normalized spacial score (nSPS) is 9.31. The molecule has 1 rings (SSSR count). The standard InChI is InChI=1S/C9H11N3S/c1-2-7-13-9-5-3-8(4-6-9)11-12-10/h3-6H,2,7H2,1H3. The average Bonchev–Trinajstić information content (AvgIpc) is 2.17. The predicted molar refractivity (Wildman–Crippen MR) is 56.3 cm³/mol. The first-order valence-corrected chi connectivity index (χ1v) is 5.13. The Hall–Kier alpha value is -1.12. The van der Waals surface area contributed by atoms with Crippen molar-refractivity contribution in [3.05, 3.63) is 34.7 Å². The van der Waals surface area contributed by atoms with Crippen molar-refractivity contribution in [2.75, 3.05) is 5.75 Å². The quantitative estimate of drug-likeness (QED) is 0.307. The molecule has 1 aromatic rings. The van der Waals surface area contributed by atoms with Gasteiger partial charge in [-0.25, -0.2) is 0 Å². The lowest BCUT2D eigenvalue weighted by Gasteiger charge is -1.98. The zero-order chi connectivity index (χ0) is 9.52. The minimum Gasteiger partial charge on any atom is -0.126 e. The van der Waals surface area contributed by atoms with Gasteiger partial charge in [-0.2, -0.15) is 0 Å². The molecule has 13 heavy (non-hydrogen) atoms. The number of rotatable bonds is 4. The van der Waals surface area contributed by atoms with E-state index in [9.17, 15) is 0 Å². The summed E-state index contributed by atoms with van der Waals surface area (Å²) in [6.45, 7) is 2.15. The molecule has 0 aliphatic heterocycles. The topological polar surface area (TPSA) is 48.8 Å². The molecule has 0 saturated carbocycles. The van der Waals surface area contributed by atoms with Crippen LogP contribution in [0.1, 0.15) is 13.3 Å². The van der Waals surface area contributed by atoms with E-state index in [4.69, 9.17) is 5.53 Å². The Morgan fingerprint density at radius 3 is 2.62 bits per heavy atom. The monoisotopic (exact) mass is 193 g/mol. The molecule has 0 aliphatic carbocycles. The Bertz CT molecular complexity index is 301. The zero-order valence-corrected chi connectivity index (χ0v) is 8.29. The number of hydrogen-bond donors (Lipinski definition) is 0. The van der Waals surface area contributed by atoms with Crippen LogP contribution in [0.4, 0.5) is 5.69 Å². The van der Waals surface area contributed by atoms with Crippen LogP contribution in [0.3, 0.4) is 0 Å². The summed E-state index contributed by atoms with van der Waals surface area (Å²) >= 11 is 1.81. The van der Waals surface area contributed by atoms with Gasteiger partial charge in [0, 0.05) is 15.5 Å². The second-order valence-corrected chi connectivity index (χ2v) is 3.70. The molecule has 0 amide bonds. The van der Waals surface area contributed by atoms with Crippen molar-refractivity contribution in [1.29, 1.82) is 0 Å². The lowest BCUT2D eigenvalue weighted by atomic mass is 10.3. The maximum Gasteiger partial charge on any atom is 0.0376 e. The maximum atomic E-state index is 8.18. The highest BCUT2D eigenvalue weighted by Crippen LogP contribution is 2.21. The summed E-state index contributed by atoms with van der Waals surface area (Å²) in [5.74, 6) is 1.13. The van der Waals surface area contributed by atoms with Gasteiger partial charge in [-0.15, -0.1) is 11.8 Å². The molecule has 4 heteroatoms. The third-order valence-electron chi connectivity index (χ3n) is 1.47. The highest BCUT2D eigenvalue weighted by Gasteiger charge is 1.92. The van der Waals surface area contributed by atoms with E-state index < -0.39 is 0 Å². The molecular weight excluding hydrogens is 182 g/mol. The third kappa shape index (κ3) is 3.40. The SMILES string of the molecule is CCCSc1ccc(N=[N+]=[N-])cc1. The van der Waals surface area contributed by atoms with E-state index in [0.717, 1.165) is 5.75 Å². The van der Waals surface area contributed by atoms with Crippen LogP contribution < -0.4 is 0 Å². The molecular formula is C9H11N3S. The molecule has 0 N–H and O–H groups in total. The van der Waals surface area contributed by atoms with Crippen LogP contribution in [-0.4, -0.2) is 5.75 Å². The molecule has 0 unspecified atom stereocenters. The predicted octanol–water partition coefficient (Wildman–Crippen LogP) is 4.13. The smallest absolute Gasteiger partial charge is 0.0376 e. The minimum atomic E-state index is 0.670. The van der Waals surface area contributed by atoms with Crippen molar-refractivity contribution in [2.24, 2.45) is 5.11 Å². The van der Waals surface area contributed by atoms with Crippen LogP contribution in [-0.2, 0) is 0 Å². The molecule has 0 aliphatic rings. The van der Waals surface area contributed by atoms with Crippen LogP contribution >= 0.6 is 11.8 Å². The summed E-state index contributed by atoms with van der Waals surface area (Å²) in [4.78, 5) is 3.94. The van der Waals surface area contributed by atoms with Gasteiger partial charge in [0.2, 0.25) is 0 Å². The van der Waals surface area contributed by atoms with Gasteiger partial charge < -0.3 is 0 Å². The van der Waals surface area contributed by atoms with Gasteiger partial charge in [0.15, 0.2) is 0 Å². The first kappa shape index (κ1) is 9.96. The Balaban J connectivity index is 2.63. The van der Waals surface area contributed by atoms with Crippen molar-refractivity contribution in [1.82, 2.24) is 0 Å². The fraction of sp³-hybridized carbons (Fsp3) is 0.333. The summed E-state index contributed by atoms with van der Waals surface area (Å²) in [7, 11) is 0. The van der Waals surface area contributed by atoms with Crippen LogP contribution in [0, 0.1) is 0 Å². The highest BCUT2D eigenvalue weighted by molar-refractivity contribution is 7.99. The molecule has 0 heterocycles. The second-order valence-electron chi connectivity index (χ2n) is 2.53. The van der Waals surface area contributed by atoms with Crippen LogP contribution in [0.15, 0.2) is 34.3 Å². The first-order valence-electron chi connectivity index (χ1n) is 4.14. The average molecular weight is 193 g/mol. The Morgan fingerprint density at radius 1 is 1.38 bits per heavy atom. The fourth-order valence-corrected chi connectivity index (χ4v) is 1.65. The van der Waals surface area contributed by atoms with Crippen molar-refractivity contribution in [3.63, 3.8) is 0 Å². The molecule has 0 saturated heterocycles. The van der Waals surface area contributed by atoms with E-state index in [0.29, 0.717) is 5.69 Å². The summed E-state index contributed by atoms with van der Waals surface area (Å²) in [6.07, 6.45) is 1.17. The third-order valence-corrected chi connectivity index (χ3v) is 2.69. The number of azide groups is 1. The summed E-state index contributed by atoms with van der Waals surface area (Å²) in [5, 5.41) is 3.50. The summed E-state index contributed by atoms with van der Waals surface area (Å²) in [6, 6.07) is 7.62. The fourth-order valence-electron chi connectivity index (χ4n) is 0.881. The first-order chi connectivity index (χ1) is 6.36. The van der Waals surface area contributed by atoms with Gasteiger partial charge in [0.1, 0.15) is 0 Å². The zero-order valence-electron chi connectivity index (χ0n) is 7.47. The Kier molecular flexibility index (Phi) is 4.23. The highest BCUT2D eigenvalue weighted by atomic mass is 32.2. The van der Waals surface area contributed by atoms with Gasteiger partial charge in [0.05, 0.1) is 0 Å². The number of benzene rings is 1. The van der Waals surface area contributed by atoms with Crippen LogP contribution in [0.2, 0.25) is 0 Å². The van der Waals surface area contributed by atoms with Gasteiger partial charge in [0.25, 0.3) is 0 Å². The van der Waals surface area contributed by atoms with Gasteiger partial charge in [-0.05, 0) is 29.8 Å². The Morgan fingerprint density at radius 2 is 2.08 bits per heavy atom. The van der Waals surface area contributed by atoms with Crippen LogP contribution in [0.5, 0.6) is 0 Å². The number of thioether (sulfide) groups is 1. The molecule has 0 radical (unpaired) electrons. The lowest BCUT2D eigenvalue weighted by molar-refractivity contribution is 1.10. The van der Waals surface area contributed by atoms with Crippen molar-refractivity contribution in [2.45, 2.75) is 18.2 Å². The van der Waals surface area contributed by atoms with Crippen molar-refractivity contribution < 1.29 is 0 Å². The molecule has 0 bridgehead atoms. The summed E-state index contributed by atoms with van der Waals surface area (Å²) < 4.78 is 0. The Labute approximate surface area is 81.8 Å². The van der Waals surface area contributed by atoms with Gasteiger partial charge in [-0.1, -0.05) is 24.2 Å². The van der Waals surface area contributed by atoms with E-state index in [1.807, 2.05) is 36.0 Å². The summed E-state index contributed by atoms with van der Waals surface area (Å²) in [5.41, 5.74) is 8.85. The van der Waals surface area contributed by atoms with E-state index in [2.05, 4.69) is 16.9 Å². The maximum absolute atomic E-state index is 8.18. The van der Waals surface area contributed by atoms with E-state index >= 15 is 0 Å². The van der Waals surface area contributed by atoms with Crippen LogP contribution in [0.25, 0.3) is 10.4 Å². The molecule has 0 aromatic heterocycles. The molecule has 0 fully saturated rings. The molecule has 68 valence electrons. The molecule has 1 aromatic carbocycles. The van der Waals surface area contributed by atoms with Gasteiger partial charge in [-0.3, -0.25) is 0 Å². The minimum absolute atomic E-state index is 0.670. The largest absolute Gasteiger partial charge is 0.126 e. The second kappa shape index (κ2) is 5.51. The van der Waals surface area contributed by atoms with Gasteiger partial charge >= 0.3 is 0 Å². The number of nitrogens with zero attached hydrogens (tertiary/aromatic N) is 3. The van der Waals surface area contributed by atoms with E-state index in [1.165, 1.54) is 11.3 Å². The molecule has 0 spiro atoms.